The second-order valence-corrected chi connectivity index (χ2v) is 6.94. The predicted molar refractivity (Wildman–Crippen MR) is 92.4 cm³/mol. The summed E-state index contributed by atoms with van der Waals surface area (Å²) in [6.07, 6.45) is 5.95. The van der Waals surface area contributed by atoms with Crippen LogP contribution in [0.4, 0.5) is 0 Å². The standard InChI is InChI=1S/C18H25ClN2O2/c1-23-17-12-14(19)7-8-16(17)18(22)21-11-3-2-6-15(21)13-20-9-4-5-10-20/h7-8,12,15H,2-6,9-11,13H2,1H3. The lowest BCUT2D eigenvalue weighted by atomic mass is 10.00. The maximum Gasteiger partial charge on any atom is 0.257 e. The van der Waals surface area contributed by atoms with Crippen LogP contribution in [0.15, 0.2) is 18.2 Å². The van der Waals surface area contributed by atoms with E-state index in [1.807, 2.05) is 4.90 Å². The van der Waals surface area contributed by atoms with Crippen molar-refractivity contribution >= 4 is 17.5 Å². The molecular weight excluding hydrogens is 312 g/mol. The highest BCUT2D eigenvalue weighted by molar-refractivity contribution is 6.30. The fourth-order valence-corrected chi connectivity index (χ4v) is 3.88. The van der Waals surface area contributed by atoms with Crippen LogP contribution in [0.5, 0.6) is 5.75 Å². The summed E-state index contributed by atoms with van der Waals surface area (Å²) in [4.78, 5) is 17.6. The Morgan fingerprint density at radius 3 is 2.70 bits per heavy atom. The lowest BCUT2D eigenvalue weighted by Crippen LogP contribution is -2.49. The zero-order valence-electron chi connectivity index (χ0n) is 13.8. The molecule has 126 valence electrons. The molecule has 4 nitrogen and oxygen atoms in total. The van der Waals surface area contributed by atoms with Gasteiger partial charge in [-0.15, -0.1) is 0 Å². The van der Waals surface area contributed by atoms with Gasteiger partial charge in [0.25, 0.3) is 5.91 Å². The number of hydrogen-bond donors (Lipinski definition) is 0. The van der Waals surface area contributed by atoms with Gasteiger partial charge in [-0.2, -0.15) is 0 Å². The molecule has 0 saturated carbocycles. The Bertz CT molecular complexity index is 558. The van der Waals surface area contributed by atoms with Crippen molar-refractivity contribution in [2.75, 3.05) is 33.3 Å². The molecule has 1 atom stereocenters. The number of carbonyl (C=O) groups is 1. The van der Waals surface area contributed by atoms with Crippen molar-refractivity contribution in [3.05, 3.63) is 28.8 Å². The third-order valence-corrected chi connectivity index (χ3v) is 5.18. The molecule has 2 fully saturated rings. The summed E-state index contributed by atoms with van der Waals surface area (Å²) in [6.45, 7) is 4.18. The van der Waals surface area contributed by atoms with Crippen LogP contribution in [0.3, 0.4) is 0 Å². The maximum absolute atomic E-state index is 13.1. The quantitative estimate of drug-likeness (QED) is 0.844. The Balaban J connectivity index is 1.78. The number of amides is 1. The van der Waals surface area contributed by atoms with Crippen LogP contribution in [0.25, 0.3) is 0 Å². The van der Waals surface area contributed by atoms with Crippen molar-refractivity contribution < 1.29 is 9.53 Å². The Morgan fingerprint density at radius 1 is 1.22 bits per heavy atom. The molecule has 0 N–H and O–H groups in total. The van der Waals surface area contributed by atoms with Gasteiger partial charge in [-0.1, -0.05) is 11.6 Å². The minimum absolute atomic E-state index is 0.0717. The van der Waals surface area contributed by atoms with Crippen LogP contribution in [-0.4, -0.2) is 55.0 Å². The first-order valence-corrected chi connectivity index (χ1v) is 8.93. The van der Waals surface area contributed by atoms with Crippen LogP contribution < -0.4 is 4.74 Å². The van der Waals surface area contributed by atoms with Crippen molar-refractivity contribution in [2.24, 2.45) is 0 Å². The van der Waals surface area contributed by atoms with E-state index in [1.54, 1.807) is 25.3 Å². The van der Waals surface area contributed by atoms with Crippen molar-refractivity contribution in [3.63, 3.8) is 0 Å². The van der Waals surface area contributed by atoms with E-state index in [2.05, 4.69) is 4.90 Å². The number of benzene rings is 1. The Kier molecular flexibility index (Phi) is 5.44. The van der Waals surface area contributed by atoms with Crippen molar-refractivity contribution in [1.82, 2.24) is 9.80 Å². The van der Waals surface area contributed by atoms with Crippen molar-refractivity contribution in [1.29, 1.82) is 0 Å². The van der Waals surface area contributed by atoms with E-state index in [9.17, 15) is 4.79 Å². The first-order chi connectivity index (χ1) is 11.2. The van der Waals surface area contributed by atoms with Crippen LogP contribution in [0.2, 0.25) is 5.02 Å². The van der Waals surface area contributed by atoms with Crippen LogP contribution in [0.1, 0.15) is 42.5 Å². The van der Waals surface area contributed by atoms with E-state index in [0.717, 1.165) is 25.9 Å². The lowest BCUT2D eigenvalue weighted by Gasteiger charge is -2.38. The van der Waals surface area contributed by atoms with Gasteiger partial charge in [0.15, 0.2) is 0 Å². The molecule has 2 heterocycles. The molecule has 1 aromatic carbocycles. The largest absolute Gasteiger partial charge is 0.496 e. The van der Waals surface area contributed by atoms with Gasteiger partial charge >= 0.3 is 0 Å². The van der Waals surface area contributed by atoms with Crippen molar-refractivity contribution in [3.8, 4) is 5.75 Å². The number of ether oxygens (including phenoxy) is 1. The summed E-state index contributed by atoms with van der Waals surface area (Å²) in [5, 5.41) is 0.589. The number of carbonyl (C=O) groups excluding carboxylic acids is 1. The number of likely N-dealkylation sites (tertiary alicyclic amines) is 2. The summed E-state index contributed by atoms with van der Waals surface area (Å²) in [7, 11) is 1.58. The molecule has 23 heavy (non-hydrogen) atoms. The molecule has 3 rings (SSSR count). The van der Waals surface area contributed by atoms with E-state index >= 15 is 0 Å². The fraction of sp³-hybridized carbons (Fsp3) is 0.611. The molecule has 1 aromatic rings. The number of methoxy groups -OCH3 is 1. The van der Waals surface area contributed by atoms with Gasteiger partial charge in [0.2, 0.25) is 0 Å². The summed E-state index contributed by atoms with van der Waals surface area (Å²) >= 11 is 6.02. The van der Waals surface area contributed by atoms with Gasteiger partial charge in [-0.05, 0) is 63.4 Å². The van der Waals surface area contributed by atoms with E-state index in [0.29, 0.717) is 22.4 Å². The van der Waals surface area contributed by atoms with Gasteiger partial charge in [-0.3, -0.25) is 4.79 Å². The highest BCUT2D eigenvalue weighted by atomic mass is 35.5. The van der Waals surface area contributed by atoms with E-state index in [-0.39, 0.29) is 5.91 Å². The van der Waals surface area contributed by atoms with Crippen LogP contribution in [0, 0.1) is 0 Å². The molecule has 2 aliphatic rings. The third kappa shape index (κ3) is 3.81. The number of rotatable bonds is 4. The van der Waals surface area contributed by atoms with Gasteiger partial charge in [0.05, 0.1) is 12.7 Å². The average Bonchev–Trinajstić information content (AvgIpc) is 3.07. The average molecular weight is 337 g/mol. The third-order valence-electron chi connectivity index (χ3n) is 4.95. The van der Waals surface area contributed by atoms with Crippen molar-refractivity contribution in [2.45, 2.75) is 38.1 Å². The molecule has 0 aromatic heterocycles. The first-order valence-electron chi connectivity index (χ1n) is 8.56. The molecule has 0 spiro atoms. The SMILES string of the molecule is COc1cc(Cl)ccc1C(=O)N1CCCCC1CN1CCCC1. The number of halogens is 1. The molecule has 5 heteroatoms. The maximum atomic E-state index is 13.1. The smallest absolute Gasteiger partial charge is 0.257 e. The zero-order valence-corrected chi connectivity index (χ0v) is 14.5. The molecule has 0 aliphatic carbocycles. The van der Waals surface area contributed by atoms with Gasteiger partial charge in [0.1, 0.15) is 5.75 Å². The monoisotopic (exact) mass is 336 g/mol. The van der Waals surface area contributed by atoms with E-state index in [1.165, 1.54) is 32.4 Å². The summed E-state index contributed by atoms with van der Waals surface area (Å²) in [5.41, 5.74) is 0.616. The highest BCUT2D eigenvalue weighted by Crippen LogP contribution is 2.28. The lowest BCUT2D eigenvalue weighted by molar-refractivity contribution is 0.0557. The molecule has 0 bridgehead atoms. The topological polar surface area (TPSA) is 32.8 Å². The van der Waals surface area contributed by atoms with Crippen LogP contribution >= 0.6 is 11.6 Å². The number of piperidine rings is 1. The molecule has 1 unspecified atom stereocenters. The number of hydrogen-bond acceptors (Lipinski definition) is 3. The minimum atomic E-state index is 0.0717. The normalized spacial score (nSPS) is 22.3. The van der Waals surface area contributed by atoms with E-state index < -0.39 is 0 Å². The molecule has 0 radical (unpaired) electrons. The van der Waals surface area contributed by atoms with Crippen LogP contribution in [-0.2, 0) is 0 Å². The van der Waals surface area contributed by atoms with Gasteiger partial charge in [-0.25, -0.2) is 0 Å². The summed E-state index contributed by atoms with van der Waals surface area (Å²) in [5.74, 6) is 0.635. The second-order valence-electron chi connectivity index (χ2n) is 6.50. The molecule has 2 aliphatic heterocycles. The summed E-state index contributed by atoms with van der Waals surface area (Å²) in [6, 6.07) is 5.57. The first kappa shape index (κ1) is 16.6. The Hall–Kier alpha value is -1.26. The summed E-state index contributed by atoms with van der Waals surface area (Å²) < 4.78 is 5.36. The minimum Gasteiger partial charge on any atom is -0.496 e. The number of nitrogens with zero attached hydrogens (tertiary/aromatic N) is 2. The molecule has 2 saturated heterocycles. The Morgan fingerprint density at radius 2 is 1.96 bits per heavy atom. The molecular formula is C18H25ClN2O2. The second kappa shape index (κ2) is 7.54. The highest BCUT2D eigenvalue weighted by Gasteiger charge is 2.30. The van der Waals surface area contributed by atoms with Gasteiger partial charge in [0, 0.05) is 24.2 Å². The van der Waals surface area contributed by atoms with Gasteiger partial charge < -0.3 is 14.5 Å². The Labute approximate surface area is 143 Å². The fourth-order valence-electron chi connectivity index (χ4n) is 3.72. The predicted octanol–water partition coefficient (Wildman–Crippen LogP) is 3.44. The van der Waals surface area contributed by atoms with E-state index in [4.69, 9.17) is 16.3 Å². The zero-order chi connectivity index (χ0) is 16.2. The molecule has 1 amide bonds.